The third-order valence-corrected chi connectivity index (χ3v) is 4.92. The van der Waals surface area contributed by atoms with Crippen LogP contribution in [0.4, 0.5) is 0 Å². The summed E-state index contributed by atoms with van der Waals surface area (Å²) in [6.07, 6.45) is 0. The van der Waals surface area contributed by atoms with Crippen LogP contribution in [0.1, 0.15) is 28.2 Å². The molecule has 0 bridgehead atoms. The third kappa shape index (κ3) is 3.04. The van der Waals surface area contributed by atoms with Gasteiger partial charge < -0.3 is 9.64 Å². The first-order valence-electron chi connectivity index (χ1n) is 6.18. The lowest BCUT2D eigenvalue weighted by atomic mass is 10.1. The molecule has 2 rings (SSSR count). The van der Waals surface area contributed by atoms with Gasteiger partial charge in [0.15, 0.2) is 0 Å². The lowest BCUT2D eigenvalue weighted by molar-refractivity contribution is 0.0745. The van der Waals surface area contributed by atoms with Crippen molar-refractivity contribution >= 4 is 33.2 Å². The Labute approximate surface area is 131 Å². The van der Waals surface area contributed by atoms with Crippen LogP contribution in [0.2, 0.25) is 0 Å². The Kier molecular flexibility index (Phi) is 4.83. The number of rotatable bonds is 4. The summed E-state index contributed by atoms with van der Waals surface area (Å²) in [5.74, 6) is 0.713. The number of halogens is 1. The number of hydrogen-bond donors (Lipinski definition) is 0. The zero-order chi connectivity index (χ0) is 14.7. The van der Waals surface area contributed by atoms with Crippen LogP contribution in [0.25, 0.3) is 0 Å². The predicted molar refractivity (Wildman–Crippen MR) is 85.5 cm³/mol. The van der Waals surface area contributed by atoms with E-state index in [2.05, 4.69) is 15.9 Å². The van der Waals surface area contributed by atoms with Gasteiger partial charge in [0.05, 0.1) is 17.6 Å². The molecule has 0 saturated heterocycles. The lowest BCUT2D eigenvalue weighted by Crippen LogP contribution is -2.29. The second-order valence-electron chi connectivity index (χ2n) is 4.46. The van der Waals surface area contributed by atoms with Gasteiger partial charge >= 0.3 is 0 Å². The minimum absolute atomic E-state index is 0.00532. The molecule has 0 fully saturated rings. The minimum Gasteiger partial charge on any atom is -0.496 e. The van der Waals surface area contributed by atoms with Crippen molar-refractivity contribution in [1.82, 2.24) is 4.90 Å². The highest BCUT2D eigenvalue weighted by atomic mass is 79.9. The molecule has 1 unspecified atom stereocenters. The first-order chi connectivity index (χ1) is 9.54. The normalized spacial score (nSPS) is 12.0. The maximum atomic E-state index is 12.5. The lowest BCUT2D eigenvalue weighted by Gasteiger charge is -2.24. The van der Waals surface area contributed by atoms with Crippen molar-refractivity contribution in [3.05, 3.63) is 50.6 Å². The first-order valence-corrected chi connectivity index (χ1v) is 7.86. The number of nitrogens with zero attached hydrogens (tertiary/aromatic N) is 1. The van der Waals surface area contributed by atoms with Crippen LogP contribution in [0.15, 0.2) is 40.2 Å². The molecule has 1 aromatic carbocycles. The van der Waals surface area contributed by atoms with E-state index in [1.165, 1.54) is 4.88 Å². The van der Waals surface area contributed by atoms with E-state index in [9.17, 15) is 4.79 Å². The Morgan fingerprint density at radius 1 is 1.40 bits per heavy atom. The van der Waals surface area contributed by atoms with E-state index in [1.807, 2.05) is 31.5 Å². The maximum Gasteiger partial charge on any atom is 0.254 e. The molecule has 0 aliphatic carbocycles. The number of benzene rings is 1. The predicted octanol–water partition coefficient (Wildman–Crippen LogP) is 4.35. The second kappa shape index (κ2) is 6.41. The fourth-order valence-electron chi connectivity index (χ4n) is 1.90. The number of ether oxygens (including phenoxy) is 1. The van der Waals surface area contributed by atoms with Crippen LogP contribution in [0.5, 0.6) is 5.75 Å². The molecule has 0 N–H and O–H groups in total. The fraction of sp³-hybridized carbons (Fsp3) is 0.267. The SMILES string of the molecule is COc1ccc(C(=O)N(C)C(C)c2cccs2)cc1Br. The van der Waals surface area contributed by atoms with Gasteiger partial charge in [-0.3, -0.25) is 4.79 Å². The summed E-state index contributed by atoms with van der Waals surface area (Å²) in [6.45, 7) is 2.03. The Morgan fingerprint density at radius 3 is 2.70 bits per heavy atom. The maximum absolute atomic E-state index is 12.5. The van der Waals surface area contributed by atoms with Crippen molar-refractivity contribution in [2.24, 2.45) is 0 Å². The minimum atomic E-state index is -0.00532. The van der Waals surface area contributed by atoms with Crippen LogP contribution >= 0.6 is 27.3 Å². The zero-order valence-corrected chi connectivity index (χ0v) is 14.0. The summed E-state index contributed by atoms with van der Waals surface area (Å²) in [4.78, 5) is 15.4. The molecule has 0 aliphatic rings. The highest BCUT2D eigenvalue weighted by molar-refractivity contribution is 9.10. The molecule has 0 aliphatic heterocycles. The van der Waals surface area contributed by atoms with Gasteiger partial charge in [-0.15, -0.1) is 11.3 Å². The van der Waals surface area contributed by atoms with E-state index < -0.39 is 0 Å². The number of methoxy groups -OCH3 is 1. The topological polar surface area (TPSA) is 29.5 Å². The highest BCUT2D eigenvalue weighted by Gasteiger charge is 2.20. The van der Waals surface area contributed by atoms with E-state index >= 15 is 0 Å². The molecule has 0 spiro atoms. The third-order valence-electron chi connectivity index (χ3n) is 3.25. The molecular formula is C15H16BrNO2S. The Bertz CT molecular complexity index is 598. The molecule has 2 aromatic rings. The summed E-state index contributed by atoms with van der Waals surface area (Å²) < 4.78 is 5.96. The van der Waals surface area contributed by atoms with E-state index in [0.29, 0.717) is 5.56 Å². The van der Waals surface area contributed by atoms with Crippen LogP contribution in [0, 0.1) is 0 Å². The number of thiophene rings is 1. The van der Waals surface area contributed by atoms with Gasteiger partial charge in [-0.1, -0.05) is 6.07 Å². The van der Waals surface area contributed by atoms with Crippen LogP contribution in [-0.4, -0.2) is 25.0 Å². The van der Waals surface area contributed by atoms with Crippen molar-refractivity contribution in [1.29, 1.82) is 0 Å². The number of carbonyl (C=O) groups excluding carboxylic acids is 1. The van der Waals surface area contributed by atoms with Gasteiger partial charge in [-0.25, -0.2) is 0 Å². The molecule has 5 heteroatoms. The van der Waals surface area contributed by atoms with Crippen LogP contribution < -0.4 is 4.74 Å². The molecule has 1 aromatic heterocycles. The van der Waals surface area contributed by atoms with Gasteiger partial charge in [0.25, 0.3) is 5.91 Å². The fourth-order valence-corrected chi connectivity index (χ4v) is 3.27. The summed E-state index contributed by atoms with van der Waals surface area (Å²) in [6, 6.07) is 9.47. The monoisotopic (exact) mass is 353 g/mol. The number of hydrogen-bond acceptors (Lipinski definition) is 3. The quantitative estimate of drug-likeness (QED) is 0.817. The smallest absolute Gasteiger partial charge is 0.254 e. The van der Waals surface area contributed by atoms with Gasteiger partial charge in [-0.2, -0.15) is 0 Å². The number of amides is 1. The van der Waals surface area contributed by atoms with Crippen molar-refractivity contribution < 1.29 is 9.53 Å². The second-order valence-corrected chi connectivity index (χ2v) is 6.29. The molecule has 0 radical (unpaired) electrons. The average molecular weight is 354 g/mol. The van der Waals surface area contributed by atoms with Crippen LogP contribution in [0.3, 0.4) is 0 Å². The largest absolute Gasteiger partial charge is 0.496 e. The van der Waals surface area contributed by atoms with E-state index in [1.54, 1.807) is 41.5 Å². The zero-order valence-electron chi connectivity index (χ0n) is 11.6. The van der Waals surface area contributed by atoms with Crippen molar-refractivity contribution in [2.45, 2.75) is 13.0 Å². The Hall–Kier alpha value is -1.33. The van der Waals surface area contributed by atoms with Gasteiger partial charge in [0.2, 0.25) is 0 Å². The Balaban J connectivity index is 2.20. The summed E-state index contributed by atoms with van der Waals surface area (Å²) >= 11 is 5.06. The van der Waals surface area contributed by atoms with Gasteiger partial charge in [-0.05, 0) is 52.5 Å². The summed E-state index contributed by atoms with van der Waals surface area (Å²) in [7, 11) is 3.43. The molecule has 106 valence electrons. The molecule has 1 atom stereocenters. The molecular weight excluding hydrogens is 338 g/mol. The average Bonchev–Trinajstić information content (AvgIpc) is 2.99. The van der Waals surface area contributed by atoms with E-state index in [-0.39, 0.29) is 11.9 Å². The summed E-state index contributed by atoms with van der Waals surface area (Å²) in [5, 5.41) is 2.02. The highest BCUT2D eigenvalue weighted by Crippen LogP contribution is 2.28. The molecule has 3 nitrogen and oxygen atoms in total. The van der Waals surface area contributed by atoms with Crippen LogP contribution in [-0.2, 0) is 0 Å². The molecule has 1 amide bonds. The number of carbonyl (C=O) groups is 1. The molecule has 0 saturated carbocycles. The van der Waals surface area contributed by atoms with Crippen molar-refractivity contribution in [2.75, 3.05) is 14.2 Å². The Morgan fingerprint density at radius 2 is 2.15 bits per heavy atom. The summed E-state index contributed by atoms with van der Waals surface area (Å²) in [5.41, 5.74) is 0.642. The van der Waals surface area contributed by atoms with Crippen molar-refractivity contribution in [3.8, 4) is 5.75 Å². The first kappa shape index (κ1) is 15.1. The van der Waals surface area contributed by atoms with E-state index in [0.717, 1.165) is 10.2 Å². The standard InChI is InChI=1S/C15H16BrNO2S/c1-10(14-5-4-8-20-14)17(2)15(18)11-6-7-13(19-3)12(16)9-11/h4-10H,1-3H3. The molecule has 20 heavy (non-hydrogen) atoms. The van der Waals surface area contributed by atoms with Crippen molar-refractivity contribution in [3.63, 3.8) is 0 Å². The van der Waals surface area contributed by atoms with Gasteiger partial charge in [0.1, 0.15) is 5.75 Å². The van der Waals surface area contributed by atoms with Gasteiger partial charge in [0, 0.05) is 17.5 Å². The van der Waals surface area contributed by atoms with E-state index in [4.69, 9.17) is 4.74 Å². The molecule has 1 heterocycles.